The number of ether oxygens (including phenoxy) is 3. The van der Waals surface area contributed by atoms with E-state index in [1.807, 2.05) is 0 Å². The van der Waals surface area contributed by atoms with Gasteiger partial charge in [0.05, 0.1) is 31.6 Å². The zero-order valence-electron chi connectivity index (χ0n) is 17.2. The maximum absolute atomic E-state index is 12.5. The minimum absolute atomic E-state index is 0.107. The van der Waals surface area contributed by atoms with Gasteiger partial charge in [-0.05, 0) is 19.0 Å². The van der Waals surface area contributed by atoms with Crippen LogP contribution in [0, 0.1) is 0 Å². The second kappa shape index (κ2) is 10.5. The van der Waals surface area contributed by atoms with Crippen molar-refractivity contribution in [3.8, 4) is 11.5 Å². The number of hydrogen-bond donors (Lipinski definition) is 0. The number of methoxy groups -OCH3 is 1. The molecule has 1 aliphatic heterocycles. The molecule has 0 unspecified atom stereocenters. The van der Waals surface area contributed by atoms with Crippen LogP contribution in [0.1, 0.15) is 6.42 Å². The van der Waals surface area contributed by atoms with Crippen molar-refractivity contribution in [3.05, 3.63) is 23.6 Å². The lowest BCUT2D eigenvalue weighted by Gasteiger charge is -2.26. The van der Waals surface area contributed by atoms with Crippen LogP contribution in [0.25, 0.3) is 10.9 Å². The Labute approximate surface area is 181 Å². The number of halogens is 1. The molecular formula is C19H27ClN4O5S. The summed E-state index contributed by atoms with van der Waals surface area (Å²) in [5.74, 6) is 1.06. The predicted octanol–water partition coefficient (Wildman–Crippen LogP) is 1.65. The highest BCUT2D eigenvalue weighted by Gasteiger charge is 2.19. The monoisotopic (exact) mass is 458 g/mol. The molecule has 0 N–H and O–H groups in total. The zero-order valence-corrected chi connectivity index (χ0v) is 18.8. The standard InChI is InChI=1S/C19H27ClN4O5S/c1-23(30(25,26)11-3-4-24-6-8-28-9-7-24)5-10-29-18-13-16-15(12-17(18)27-2)19(20)22-14-21-16/h12-14H,3-11H2,1-2H3. The normalized spacial score (nSPS) is 15.6. The molecule has 30 heavy (non-hydrogen) atoms. The molecule has 0 bridgehead atoms. The van der Waals surface area contributed by atoms with E-state index in [2.05, 4.69) is 14.9 Å². The zero-order chi connectivity index (χ0) is 21.6. The topological polar surface area (TPSA) is 94.1 Å². The van der Waals surface area contributed by atoms with Gasteiger partial charge in [-0.3, -0.25) is 4.90 Å². The van der Waals surface area contributed by atoms with Crippen molar-refractivity contribution in [3.63, 3.8) is 0 Å². The Hall–Kier alpha value is -1.72. The molecule has 0 radical (unpaired) electrons. The van der Waals surface area contributed by atoms with E-state index in [9.17, 15) is 8.42 Å². The third-order valence-corrected chi connectivity index (χ3v) is 7.23. The summed E-state index contributed by atoms with van der Waals surface area (Å²) in [6.45, 7) is 4.29. The van der Waals surface area contributed by atoms with Gasteiger partial charge >= 0.3 is 0 Å². The number of likely N-dealkylation sites (N-methyl/N-ethyl adjacent to an activating group) is 1. The molecule has 11 heteroatoms. The van der Waals surface area contributed by atoms with E-state index in [0.717, 1.165) is 19.6 Å². The van der Waals surface area contributed by atoms with Crippen LogP contribution >= 0.6 is 11.6 Å². The Kier molecular flexibility index (Phi) is 8.06. The van der Waals surface area contributed by atoms with Crippen molar-refractivity contribution in [2.45, 2.75) is 6.42 Å². The lowest BCUT2D eigenvalue weighted by molar-refractivity contribution is 0.0380. The fraction of sp³-hybridized carbons (Fsp3) is 0.579. The largest absolute Gasteiger partial charge is 0.493 e. The van der Waals surface area contributed by atoms with Crippen LogP contribution in [-0.4, -0.2) is 93.5 Å². The van der Waals surface area contributed by atoms with Crippen molar-refractivity contribution < 1.29 is 22.6 Å². The van der Waals surface area contributed by atoms with Crippen molar-refractivity contribution in [2.24, 2.45) is 0 Å². The molecule has 2 aromatic rings. The van der Waals surface area contributed by atoms with E-state index >= 15 is 0 Å². The molecule has 0 atom stereocenters. The molecule has 1 aliphatic rings. The SMILES string of the molecule is COc1cc2c(Cl)ncnc2cc1OCCN(C)S(=O)(=O)CCCN1CCOCC1. The van der Waals surface area contributed by atoms with Crippen LogP contribution in [0.2, 0.25) is 5.15 Å². The van der Waals surface area contributed by atoms with E-state index in [1.165, 1.54) is 17.7 Å². The van der Waals surface area contributed by atoms with Gasteiger partial charge < -0.3 is 14.2 Å². The van der Waals surface area contributed by atoms with Crippen LogP contribution in [-0.2, 0) is 14.8 Å². The van der Waals surface area contributed by atoms with Crippen molar-refractivity contribution in [1.29, 1.82) is 0 Å². The summed E-state index contributed by atoms with van der Waals surface area (Å²) < 4.78 is 42.8. The number of hydrogen-bond acceptors (Lipinski definition) is 8. The molecule has 3 rings (SSSR count). The van der Waals surface area contributed by atoms with Gasteiger partial charge in [-0.15, -0.1) is 0 Å². The van der Waals surface area contributed by atoms with Crippen molar-refractivity contribution >= 4 is 32.5 Å². The number of sulfonamides is 1. The quantitative estimate of drug-likeness (QED) is 0.496. The summed E-state index contributed by atoms with van der Waals surface area (Å²) in [5.41, 5.74) is 0.620. The highest BCUT2D eigenvalue weighted by Crippen LogP contribution is 2.33. The summed E-state index contributed by atoms with van der Waals surface area (Å²) in [6, 6.07) is 3.41. The first-order valence-corrected chi connectivity index (χ1v) is 11.7. The summed E-state index contributed by atoms with van der Waals surface area (Å²) in [5, 5.41) is 0.982. The van der Waals surface area contributed by atoms with E-state index < -0.39 is 10.0 Å². The number of fused-ring (bicyclic) bond motifs is 1. The molecular weight excluding hydrogens is 432 g/mol. The van der Waals surface area contributed by atoms with E-state index in [1.54, 1.807) is 19.2 Å². The van der Waals surface area contributed by atoms with Gasteiger partial charge in [0.1, 0.15) is 18.1 Å². The minimum atomic E-state index is -3.35. The smallest absolute Gasteiger partial charge is 0.214 e. The molecule has 2 heterocycles. The maximum Gasteiger partial charge on any atom is 0.214 e. The molecule has 9 nitrogen and oxygen atoms in total. The van der Waals surface area contributed by atoms with Crippen LogP contribution in [0.5, 0.6) is 11.5 Å². The number of aromatic nitrogens is 2. The van der Waals surface area contributed by atoms with E-state index in [4.69, 9.17) is 25.8 Å². The summed E-state index contributed by atoms with van der Waals surface area (Å²) >= 11 is 6.10. The minimum Gasteiger partial charge on any atom is -0.493 e. The second-order valence-corrected chi connectivity index (χ2v) is 9.53. The highest BCUT2D eigenvalue weighted by molar-refractivity contribution is 7.89. The lowest BCUT2D eigenvalue weighted by Crippen LogP contribution is -2.38. The molecule has 1 aromatic carbocycles. The first-order valence-electron chi connectivity index (χ1n) is 9.76. The Morgan fingerprint density at radius 2 is 2.00 bits per heavy atom. The Morgan fingerprint density at radius 1 is 1.23 bits per heavy atom. The third kappa shape index (κ3) is 5.92. The first-order chi connectivity index (χ1) is 14.4. The Bertz CT molecular complexity index is 953. The maximum atomic E-state index is 12.5. The molecule has 0 saturated carbocycles. The molecule has 1 fully saturated rings. The van der Waals surface area contributed by atoms with Gasteiger partial charge in [0, 0.05) is 38.1 Å². The number of rotatable bonds is 10. The third-order valence-electron chi connectivity index (χ3n) is 4.99. The molecule has 0 spiro atoms. The number of nitrogens with zero attached hydrogens (tertiary/aromatic N) is 4. The van der Waals surface area contributed by atoms with Crippen LogP contribution in [0.15, 0.2) is 18.5 Å². The summed E-state index contributed by atoms with van der Waals surface area (Å²) in [4.78, 5) is 10.4. The Balaban J connectivity index is 1.52. The van der Waals surface area contributed by atoms with E-state index in [0.29, 0.717) is 47.2 Å². The highest BCUT2D eigenvalue weighted by atomic mass is 35.5. The molecule has 166 valence electrons. The average molecular weight is 459 g/mol. The summed E-state index contributed by atoms with van der Waals surface area (Å²) in [7, 11) is -0.253. The number of benzene rings is 1. The Morgan fingerprint density at radius 3 is 2.73 bits per heavy atom. The molecule has 1 aromatic heterocycles. The fourth-order valence-corrected chi connectivity index (χ4v) is 4.53. The number of morpholine rings is 1. The summed E-state index contributed by atoms with van der Waals surface area (Å²) in [6.07, 6.45) is 1.96. The van der Waals surface area contributed by atoms with Gasteiger partial charge in [0.15, 0.2) is 11.5 Å². The van der Waals surface area contributed by atoms with Crippen LogP contribution in [0.4, 0.5) is 0 Å². The fourth-order valence-electron chi connectivity index (χ4n) is 3.18. The van der Waals surface area contributed by atoms with Gasteiger partial charge in [0.2, 0.25) is 10.0 Å². The molecule has 0 aliphatic carbocycles. The van der Waals surface area contributed by atoms with Gasteiger partial charge in [0.25, 0.3) is 0 Å². The average Bonchev–Trinajstić information content (AvgIpc) is 2.74. The van der Waals surface area contributed by atoms with E-state index in [-0.39, 0.29) is 18.9 Å². The molecule has 0 amide bonds. The van der Waals surface area contributed by atoms with Crippen LogP contribution < -0.4 is 9.47 Å². The predicted molar refractivity (Wildman–Crippen MR) is 115 cm³/mol. The van der Waals surface area contributed by atoms with Crippen molar-refractivity contribution in [2.75, 3.05) is 65.9 Å². The lowest BCUT2D eigenvalue weighted by atomic mass is 10.2. The van der Waals surface area contributed by atoms with Crippen molar-refractivity contribution in [1.82, 2.24) is 19.2 Å². The van der Waals surface area contributed by atoms with Gasteiger partial charge in [-0.1, -0.05) is 11.6 Å². The van der Waals surface area contributed by atoms with Gasteiger partial charge in [-0.25, -0.2) is 22.7 Å². The first kappa shape index (κ1) is 23.0. The molecule has 1 saturated heterocycles. The van der Waals surface area contributed by atoms with Gasteiger partial charge in [-0.2, -0.15) is 0 Å². The second-order valence-electron chi connectivity index (χ2n) is 6.98. The van der Waals surface area contributed by atoms with Crippen LogP contribution in [0.3, 0.4) is 0 Å².